The van der Waals surface area contributed by atoms with Gasteiger partial charge in [0.25, 0.3) is 11.5 Å². The normalized spacial score (nSPS) is 14.3. The van der Waals surface area contributed by atoms with Crippen LogP contribution in [0.4, 0.5) is 4.39 Å². The highest BCUT2D eigenvalue weighted by atomic mass is 31.0. The molecule has 74 heavy (non-hydrogen) atoms. The van der Waals surface area contributed by atoms with Crippen LogP contribution in [0.15, 0.2) is 53.6 Å². The molecule has 4 unspecified atom stereocenters. The molecule has 0 fully saturated rings. The van der Waals surface area contributed by atoms with Crippen molar-refractivity contribution in [2.75, 3.05) is 66.8 Å². The van der Waals surface area contributed by atoms with E-state index in [0.29, 0.717) is 84.2 Å². The molecule has 0 saturated heterocycles. The number of carboxylic acids is 1. The molecule has 5 amide bonds. The number of aryl methyl sites for hydroxylation is 1. The van der Waals surface area contributed by atoms with Gasteiger partial charge in [-0.15, -0.1) is 9.24 Å². The molecule has 402 valence electrons. The molecule has 21 nitrogen and oxygen atoms in total. The maximum Gasteiger partial charge on any atom is 0.317 e. The molecule has 0 spiro atoms. The number of nitrogens with two attached hydrogens (primary N) is 1. The molecule has 1 aromatic carbocycles. The van der Waals surface area contributed by atoms with Gasteiger partial charge in [0.2, 0.25) is 24.1 Å². The maximum atomic E-state index is 15.2. The molecule has 0 radical (unpaired) electrons. The largest absolute Gasteiger partial charge is 0.480 e. The first-order valence-corrected chi connectivity index (χ1v) is 24.8. The fraction of sp³-hybridized carbons (Fsp3) is 0.451. The Morgan fingerprint density at radius 3 is 2.30 bits per heavy atom. The van der Waals surface area contributed by atoms with Crippen molar-refractivity contribution in [1.29, 1.82) is 0 Å². The van der Waals surface area contributed by atoms with Gasteiger partial charge in [0.1, 0.15) is 38.3 Å². The first-order valence-electron chi connectivity index (χ1n) is 24.0. The summed E-state index contributed by atoms with van der Waals surface area (Å²) >= 11 is 0. The van der Waals surface area contributed by atoms with Gasteiger partial charge in [-0.05, 0) is 87.3 Å². The van der Waals surface area contributed by atoms with Gasteiger partial charge in [0, 0.05) is 66.0 Å². The summed E-state index contributed by atoms with van der Waals surface area (Å²) in [6.45, 7) is 13.6. The van der Waals surface area contributed by atoms with Crippen molar-refractivity contribution < 1.29 is 52.6 Å². The lowest BCUT2D eigenvalue weighted by Gasteiger charge is -2.35. The predicted molar refractivity (Wildman–Crippen MR) is 281 cm³/mol. The second-order valence-electron chi connectivity index (χ2n) is 17.3. The number of pyridine rings is 2. The van der Waals surface area contributed by atoms with E-state index in [-0.39, 0.29) is 93.0 Å². The summed E-state index contributed by atoms with van der Waals surface area (Å²) in [5, 5.41) is 22.1. The molecule has 8 N–H and O–H groups in total. The number of ether oxygens (including phenoxy) is 1. The van der Waals surface area contributed by atoms with Crippen molar-refractivity contribution in [1.82, 2.24) is 45.9 Å². The van der Waals surface area contributed by atoms with Crippen LogP contribution in [0, 0.1) is 12.7 Å². The molecule has 4 atom stereocenters. The molecule has 3 aliphatic rings. The number of aldehydes is 2. The topological polar surface area (TPSA) is 294 Å². The minimum absolute atomic E-state index is 0.0417. The SMILES string of the molecule is C=C(CCNC(=O)CN1C(=C)C=CC1=O)NC(C=O)CP.CCCc1c(C(C=O)CC)cc2n(c1=O)Cc1c-2nc2cc(F)c(C)c3c2c1C(N(C)C(=O)COCNC(=O)CNC)CC3.CNCC(=O)O.NC=O. The number of halogens is 1. The lowest BCUT2D eigenvalue weighted by molar-refractivity contribution is -0.138. The third-order valence-electron chi connectivity index (χ3n) is 12.3. The lowest BCUT2D eigenvalue weighted by atomic mass is 9.81. The summed E-state index contributed by atoms with van der Waals surface area (Å²) in [6.07, 6.45) is 9.02. The van der Waals surface area contributed by atoms with Crippen molar-refractivity contribution >= 4 is 68.7 Å². The van der Waals surface area contributed by atoms with Crippen molar-refractivity contribution in [3.63, 3.8) is 0 Å². The summed E-state index contributed by atoms with van der Waals surface area (Å²) in [5.74, 6) is -2.59. The number of hydrogen-bond acceptors (Lipinski definition) is 14. The second-order valence-corrected chi connectivity index (χ2v) is 17.8. The molecule has 0 saturated carbocycles. The van der Waals surface area contributed by atoms with E-state index in [2.05, 4.69) is 54.7 Å². The predicted octanol–water partition coefficient (Wildman–Crippen LogP) is 1.62. The van der Waals surface area contributed by atoms with Crippen molar-refractivity contribution in [2.24, 2.45) is 5.73 Å². The number of allylic oxidation sites excluding steroid dienone is 1. The molecule has 2 aliphatic heterocycles. The number of aromatic nitrogens is 2. The number of primary amides is 1. The molecule has 1 aliphatic carbocycles. The first kappa shape index (κ1) is 61.3. The highest BCUT2D eigenvalue weighted by Crippen LogP contribution is 2.46. The van der Waals surface area contributed by atoms with E-state index >= 15 is 4.39 Å². The fourth-order valence-corrected chi connectivity index (χ4v) is 8.80. The van der Waals surface area contributed by atoms with Crippen LogP contribution in [0.3, 0.4) is 0 Å². The highest BCUT2D eigenvalue weighted by molar-refractivity contribution is 7.16. The van der Waals surface area contributed by atoms with Crippen molar-refractivity contribution in [3.05, 3.63) is 98.4 Å². The van der Waals surface area contributed by atoms with Crippen LogP contribution in [0.25, 0.3) is 22.3 Å². The van der Waals surface area contributed by atoms with Crippen molar-refractivity contribution in [3.8, 4) is 11.4 Å². The Labute approximate surface area is 432 Å². The number of benzene rings is 1. The average molecular weight is 1050 g/mol. The number of amides is 5. The number of hydrogen-bond donors (Lipinski definition) is 7. The number of nitrogens with one attached hydrogen (secondary N) is 5. The van der Waals surface area contributed by atoms with E-state index in [9.17, 15) is 38.4 Å². The van der Waals surface area contributed by atoms with E-state index in [1.807, 2.05) is 19.9 Å². The van der Waals surface area contributed by atoms with Crippen LogP contribution in [0.2, 0.25) is 0 Å². The molecular formula is C51H70FN10O11P. The van der Waals surface area contributed by atoms with Crippen LogP contribution in [-0.2, 0) is 62.5 Å². The molecule has 4 heterocycles. The minimum atomic E-state index is -0.822. The molecule has 0 bridgehead atoms. The van der Waals surface area contributed by atoms with Crippen LogP contribution in [0.5, 0.6) is 0 Å². The summed E-state index contributed by atoms with van der Waals surface area (Å²) in [6, 6.07) is 2.71. The summed E-state index contributed by atoms with van der Waals surface area (Å²) < 4.78 is 22.4. The van der Waals surface area contributed by atoms with Gasteiger partial charge in [0.05, 0.1) is 48.6 Å². The average Bonchev–Trinajstić information content (AvgIpc) is 3.90. The third-order valence-corrected chi connectivity index (χ3v) is 12.8. The van der Waals surface area contributed by atoms with Crippen LogP contribution in [0.1, 0.15) is 84.9 Å². The van der Waals surface area contributed by atoms with E-state index in [1.54, 1.807) is 43.6 Å². The quantitative estimate of drug-likeness (QED) is 0.0241. The molecule has 2 aromatic heterocycles. The molecule has 23 heteroatoms. The Balaban J connectivity index is 0.000000399. The zero-order valence-corrected chi connectivity index (χ0v) is 44.1. The Kier molecular flexibility index (Phi) is 25.1. The first-order chi connectivity index (χ1) is 35.3. The Bertz CT molecular complexity index is 2660. The Morgan fingerprint density at radius 1 is 1.05 bits per heavy atom. The number of aliphatic carboxylic acids is 1. The second kappa shape index (κ2) is 30.3. The number of carboxylic acid groups (broad SMARTS) is 1. The van der Waals surface area contributed by atoms with E-state index in [0.717, 1.165) is 46.6 Å². The number of nitrogens with zero attached hydrogens (tertiary/aromatic N) is 4. The highest BCUT2D eigenvalue weighted by Gasteiger charge is 2.37. The fourth-order valence-electron chi connectivity index (χ4n) is 8.57. The van der Waals surface area contributed by atoms with Gasteiger partial charge >= 0.3 is 5.97 Å². The number of carbonyl (C=O) groups excluding carboxylic acids is 7. The van der Waals surface area contributed by atoms with Gasteiger partial charge in [-0.3, -0.25) is 33.6 Å². The summed E-state index contributed by atoms with van der Waals surface area (Å²) in [7, 11) is 7.45. The summed E-state index contributed by atoms with van der Waals surface area (Å²) in [5.41, 5.74) is 11.4. The van der Waals surface area contributed by atoms with Gasteiger partial charge < -0.3 is 66.1 Å². The van der Waals surface area contributed by atoms with E-state index < -0.39 is 11.9 Å². The van der Waals surface area contributed by atoms with Crippen LogP contribution in [-0.4, -0.2) is 146 Å². The van der Waals surface area contributed by atoms with E-state index in [1.165, 1.54) is 17.0 Å². The Hall–Kier alpha value is -7.00. The summed E-state index contributed by atoms with van der Waals surface area (Å²) in [4.78, 5) is 111. The zero-order valence-electron chi connectivity index (χ0n) is 42.9. The molecule has 6 rings (SSSR count). The van der Waals surface area contributed by atoms with Gasteiger partial charge in [0.15, 0.2) is 0 Å². The third kappa shape index (κ3) is 16.0. The molecule has 3 aromatic rings. The Morgan fingerprint density at radius 2 is 1.74 bits per heavy atom. The van der Waals surface area contributed by atoms with Crippen molar-refractivity contribution in [2.45, 2.75) is 83.8 Å². The van der Waals surface area contributed by atoms with Gasteiger partial charge in [-0.2, -0.15) is 0 Å². The smallest absolute Gasteiger partial charge is 0.317 e. The number of carbonyl (C=O) groups is 8. The number of fused-ring (bicyclic) bond motifs is 4. The standard InChI is InChI=1S/C33H40FN5O5.C14H20N3O3P.C3H7NO2.CH3NO/c1-6-8-21-22(19(7-2)15-40)11-27-32-23(14-39(27)33(21)43)31-26(38(5)29(42)16-44-17-36-28(41)13-35-4)10-9-20-18(3)24(34)12-25(37-32)30(20)31;1-10(16-12(8-18)9-21)5-6-15-13(19)7-17-11(2)3-4-14(17)20;1-4-2-3(5)6;2-1-3/h11-12,15,19,26,35H,6-10,13-14,16-17H2,1-5H3,(H,36,41);3-4,8,12,16H,1-2,5-7,9,21H2,(H,15,19);4H,2H2,1H3,(H,5,6);1H,(H2,2,3). The zero-order chi connectivity index (χ0) is 55.2. The monoisotopic (exact) mass is 1050 g/mol. The number of rotatable bonds is 23. The van der Waals surface area contributed by atoms with Gasteiger partial charge in [-0.1, -0.05) is 33.4 Å². The van der Waals surface area contributed by atoms with E-state index in [4.69, 9.17) is 19.6 Å². The molecular weight excluding hydrogens is 979 g/mol. The van der Waals surface area contributed by atoms with Crippen LogP contribution >= 0.6 is 9.24 Å². The number of likely N-dealkylation sites (N-methyl/N-ethyl adjacent to an activating group) is 3. The minimum Gasteiger partial charge on any atom is -0.480 e. The lowest BCUT2D eigenvalue weighted by Crippen LogP contribution is -2.38. The van der Waals surface area contributed by atoms with Gasteiger partial charge in [-0.25, -0.2) is 9.37 Å². The maximum absolute atomic E-state index is 15.2. The van der Waals surface area contributed by atoms with Crippen LogP contribution < -0.4 is 37.9 Å².